The molecule has 0 atom stereocenters. The highest BCUT2D eigenvalue weighted by Crippen LogP contribution is 2.27. The van der Waals surface area contributed by atoms with Crippen molar-refractivity contribution in [1.82, 2.24) is 4.31 Å². The van der Waals surface area contributed by atoms with E-state index in [9.17, 15) is 18.0 Å². The van der Waals surface area contributed by atoms with E-state index in [1.165, 1.54) is 58.6 Å². The number of methoxy groups -OCH3 is 2. The number of hydrogen-bond acceptors (Lipinski definition) is 7. The Morgan fingerprint density at radius 1 is 1.03 bits per heavy atom. The summed E-state index contributed by atoms with van der Waals surface area (Å²) in [7, 11) is 1.81. The lowest BCUT2D eigenvalue weighted by molar-refractivity contribution is -0.119. The number of halogens is 1. The zero-order valence-electron chi connectivity index (χ0n) is 16.8. The fourth-order valence-electron chi connectivity index (χ4n) is 2.31. The van der Waals surface area contributed by atoms with Gasteiger partial charge in [0.25, 0.3) is 5.91 Å². The Balaban J connectivity index is 2.08. The van der Waals surface area contributed by atoms with E-state index in [0.29, 0.717) is 11.5 Å². The second kappa shape index (κ2) is 9.79. The monoisotopic (exact) mass is 456 g/mol. The third-order valence-corrected chi connectivity index (χ3v) is 6.19. The minimum Gasteiger partial charge on any atom is -0.497 e. The Bertz CT molecular complexity index is 1030. The van der Waals surface area contributed by atoms with Gasteiger partial charge >= 0.3 is 5.97 Å². The van der Waals surface area contributed by atoms with E-state index in [1.807, 2.05) is 0 Å². The third kappa shape index (κ3) is 5.62. The lowest BCUT2D eigenvalue weighted by Gasteiger charge is -2.14. The highest BCUT2D eigenvalue weighted by Gasteiger charge is 2.21. The predicted octanol–water partition coefficient (Wildman–Crippen LogP) is 2.40. The van der Waals surface area contributed by atoms with Crippen molar-refractivity contribution in [2.75, 3.05) is 40.2 Å². The fraction of sp³-hybridized carbons (Fsp3) is 0.263. The van der Waals surface area contributed by atoms with Gasteiger partial charge in [-0.05, 0) is 30.3 Å². The van der Waals surface area contributed by atoms with Gasteiger partial charge < -0.3 is 19.5 Å². The van der Waals surface area contributed by atoms with Crippen LogP contribution in [-0.2, 0) is 19.6 Å². The average molecular weight is 457 g/mol. The van der Waals surface area contributed by atoms with Gasteiger partial charge in [0, 0.05) is 25.8 Å². The van der Waals surface area contributed by atoms with E-state index in [4.69, 9.17) is 25.8 Å². The molecule has 0 aliphatic heterocycles. The molecule has 2 rings (SSSR count). The van der Waals surface area contributed by atoms with Gasteiger partial charge in [0.2, 0.25) is 10.0 Å². The number of rotatable bonds is 8. The Labute approximate surface area is 179 Å². The van der Waals surface area contributed by atoms with Gasteiger partial charge in [-0.3, -0.25) is 4.79 Å². The minimum absolute atomic E-state index is 0.0140. The lowest BCUT2D eigenvalue weighted by atomic mass is 10.2. The van der Waals surface area contributed by atoms with Crippen LogP contribution in [0.25, 0.3) is 0 Å². The summed E-state index contributed by atoms with van der Waals surface area (Å²) < 4.78 is 40.8. The number of anilines is 1. The van der Waals surface area contributed by atoms with Crippen molar-refractivity contribution >= 4 is 39.2 Å². The largest absolute Gasteiger partial charge is 0.497 e. The maximum atomic E-state index is 12.3. The molecule has 0 unspecified atom stereocenters. The highest BCUT2D eigenvalue weighted by molar-refractivity contribution is 7.89. The standard InChI is InChI=1S/C19H21ClN2O7S/c1-22(2)30(25,26)17-9-13(5-6-16(17)20)21-18(23)11-29-19(24)12-7-14(27-3)10-15(8-12)28-4/h5-10H,11H2,1-4H3,(H,21,23). The molecule has 0 aliphatic carbocycles. The van der Waals surface area contributed by atoms with Gasteiger partial charge in [0.05, 0.1) is 24.8 Å². The number of sulfonamides is 1. The van der Waals surface area contributed by atoms with Gasteiger partial charge in [0.1, 0.15) is 16.4 Å². The summed E-state index contributed by atoms with van der Waals surface area (Å²) in [6.07, 6.45) is 0. The Hall–Kier alpha value is -2.82. The predicted molar refractivity (Wildman–Crippen MR) is 111 cm³/mol. The first kappa shape index (κ1) is 23.5. The molecule has 162 valence electrons. The number of ether oxygens (including phenoxy) is 3. The van der Waals surface area contributed by atoms with Gasteiger partial charge in [-0.25, -0.2) is 17.5 Å². The van der Waals surface area contributed by atoms with Crippen LogP contribution in [0.4, 0.5) is 5.69 Å². The normalized spacial score (nSPS) is 11.1. The van der Waals surface area contributed by atoms with E-state index in [0.717, 1.165) is 4.31 Å². The number of hydrogen-bond donors (Lipinski definition) is 1. The van der Waals surface area contributed by atoms with Crippen LogP contribution in [0.15, 0.2) is 41.3 Å². The number of benzene rings is 2. The molecule has 0 heterocycles. The number of amides is 1. The molecular weight excluding hydrogens is 436 g/mol. The number of carbonyl (C=O) groups is 2. The van der Waals surface area contributed by atoms with Crippen LogP contribution in [0, 0.1) is 0 Å². The Morgan fingerprint density at radius 3 is 2.17 bits per heavy atom. The van der Waals surface area contributed by atoms with Crippen LogP contribution < -0.4 is 14.8 Å². The Kier molecular flexibility index (Phi) is 7.65. The van der Waals surface area contributed by atoms with Gasteiger partial charge in [-0.15, -0.1) is 0 Å². The molecule has 11 heteroatoms. The van der Waals surface area contributed by atoms with Crippen molar-refractivity contribution in [1.29, 1.82) is 0 Å². The SMILES string of the molecule is COc1cc(OC)cc(C(=O)OCC(=O)Nc2ccc(Cl)c(S(=O)(=O)N(C)C)c2)c1. The first-order valence-corrected chi connectivity index (χ1v) is 10.3. The van der Waals surface area contributed by atoms with Gasteiger partial charge in [-0.1, -0.05) is 11.6 Å². The first-order chi connectivity index (χ1) is 14.1. The van der Waals surface area contributed by atoms with E-state index in [-0.39, 0.29) is 21.2 Å². The van der Waals surface area contributed by atoms with Crippen LogP contribution in [0.5, 0.6) is 11.5 Å². The van der Waals surface area contributed by atoms with Gasteiger partial charge in [0.15, 0.2) is 6.61 Å². The summed E-state index contributed by atoms with van der Waals surface area (Å²) in [6, 6.07) is 8.49. The first-order valence-electron chi connectivity index (χ1n) is 8.50. The summed E-state index contributed by atoms with van der Waals surface area (Å²) in [5, 5.41) is 2.48. The molecule has 2 aromatic rings. The molecule has 9 nitrogen and oxygen atoms in total. The number of nitrogens with one attached hydrogen (secondary N) is 1. The highest BCUT2D eigenvalue weighted by atomic mass is 35.5. The molecule has 30 heavy (non-hydrogen) atoms. The molecule has 0 bridgehead atoms. The minimum atomic E-state index is -3.80. The molecule has 0 saturated heterocycles. The molecule has 0 radical (unpaired) electrons. The molecular formula is C19H21ClN2O7S. The zero-order valence-corrected chi connectivity index (χ0v) is 18.3. The molecule has 0 aliphatic rings. The van der Waals surface area contributed by atoms with Crippen molar-refractivity contribution < 1.29 is 32.2 Å². The summed E-state index contributed by atoms with van der Waals surface area (Å²) >= 11 is 5.97. The summed E-state index contributed by atoms with van der Waals surface area (Å²) in [4.78, 5) is 24.2. The molecule has 2 aromatic carbocycles. The number of carbonyl (C=O) groups excluding carboxylic acids is 2. The van der Waals surface area contributed by atoms with E-state index in [1.54, 1.807) is 6.07 Å². The summed E-state index contributed by atoms with van der Waals surface area (Å²) in [6.45, 7) is -0.587. The van der Waals surface area contributed by atoms with Crippen molar-refractivity contribution in [3.05, 3.63) is 47.0 Å². The summed E-state index contributed by atoms with van der Waals surface area (Å²) in [5.74, 6) is -0.633. The third-order valence-electron chi connectivity index (χ3n) is 3.90. The topological polar surface area (TPSA) is 111 Å². The molecule has 0 fully saturated rings. The molecule has 0 saturated carbocycles. The zero-order chi connectivity index (χ0) is 22.5. The van der Waals surface area contributed by atoms with Crippen molar-refractivity contribution in [3.8, 4) is 11.5 Å². The fourth-order valence-corrected chi connectivity index (χ4v) is 3.71. The van der Waals surface area contributed by atoms with E-state index < -0.39 is 28.5 Å². The Morgan fingerprint density at radius 2 is 1.63 bits per heavy atom. The second-order valence-corrected chi connectivity index (χ2v) is 8.69. The molecule has 0 spiro atoms. The maximum Gasteiger partial charge on any atom is 0.338 e. The van der Waals surface area contributed by atoms with Crippen LogP contribution in [0.1, 0.15) is 10.4 Å². The molecule has 1 N–H and O–H groups in total. The second-order valence-electron chi connectivity index (χ2n) is 6.16. The number of nitrogens with zero attached hydrogens (tertiary/aromatic N) is 1. The van der Waals surface area contributed by atoms with Crippen LogP contribution in [-0.4, -0.2) is 59.5 Å². The van der Waals surface area contributed by atoms with Crippen molar-refractivity contribution in [2.45, 2.75) is 4.90 Å². The molecule has 1 amide bonds. The van der Waals surface area contributed by atoms with E-state index in [2.05, 4.69) is 5.32 Å². The number of esters is 1. The average Bonchev–Trinajstić information content (AvgIpc) is 2.72. The molecule has 0 aromatic heterocycles. The van der Waals surface area contributed by atoms with Crippen LogP contribution in [0.2, 0.25) is 5.02 Å². The lowest BCUT2D eigenvalue weighted by Crippen LogP contribution is -2.23. The van der Waals surface area contributed by atoms with Crippen molar-refractivity contribution in [3.63, 3.8) is 0 Å². The van der Waals surface area contributed by atoms with Crippen LogP contribution >= 0.6 is 11.6 Å². The van der Waals surface area contributed by atoms with Gasteiger partial charge in [-0.2, -0.15) is 0 Å². The smallest absolute Gasteiger partial charge is 0.338 e. The van der Waals surface area contributed by atoms with Crippen molar-refractivity contribution in [2.24, 2.45) is 0 Å². The van der Waals surface area contributed by atoms with E-state index >= 15 is 0 Å². The quantitative estimate of drug-likeness (QED) is 0.607. The maximum absolute atomic E-state index is 12.3. The van der Waals surface area contributed by atoms with Crippen LogP contribution in [0.3, 0.4) is 0 Å². The summed E-state index contributed by atoms with van der Waals surface area (Å²) in [5.41, 5.74) is 0.328.